The molecule has 6 heteroatoms. The number of fused-ring (bicyclic) bond motifs is 1. The zero-order chi connectivity index (χ0) is 12.4. The maximum Gasteiger partial charge on any atom is 0.187 e. The van der Waals surface area contributed by atoms with E-state index in [-0.39, 0.29) is 12.4 Å². The van der Waals surface area contributed by atoms with Crippen LogP contribution in [0.4, 0.5) is 5.69 Å². The lowest BCUT2D eigenvalue weighted by Crippen LogP contribution is -2.43. The monoisotopic (exact) mass is 236 g/mol. The summed E-state index contributed by atoms with van der Waals surface area (Å²) in [6.07, 6.45) is 0.360. The number of nitro groups is 1. The number of rotatable bonds is 4. The van der Waals surface area contributed by atoms with E-state index < -0.39 is 11.1 Å². The third-order valence-electron chi connectivity index (χ3n) is 2.78. The van der Waals surface area contributed by atoms with E-state index in [2.05, 4.69) is 0 Å². The molecular formula is C11H12N2O4. The highest BCUT2D eigenvalue weighted by Crippen LogP contribution is 2.32. The number of anilines is 1. The Morgan fingerprint density at radius 1 is 1.59 bits per heavy atom. The number of Topliss-reactive ketones (excluding diaryl/α,β-unsaturated/α-hetero) is 1. The van der Waals surface area contributed by atoms with Crippen LogP contribution in [0.1, 0.15) is 5.56 Å². The summed E-state index contributed by atoms with van der Waals surface area (Å²) in [6, 6.07) is 6.21. The predicted molar refractivity (Wildman–Crippen MR) is 60.3 cm³/mol. The molecule has 2 rings (SSSR count). The van der Waals surface area contributed by atoms with Crippen molar-refractivity contribution in [2.45, 2.75) is 12.5 Å². The summed E-state index contributed by atoms with van der Waals surface area (Å²) < 4.78 is 4.74. The first-order valence-electron chi connectivity index (χ1n) is 5.18. The van der Waals surface area contributed by atoms with E-state index in [4.69, 9.17) is 4.74 Å². The van der Waals surface area contributed by atoms with E-state index in [1.54, 1.807) is 24.3 Å². The van der Waals surface area contributed by atoms with Gasteiger partial charge in [0.1, 0.15) is 12.3 Å². The molecule has 1 aliphatic heterocycles. The number of ether oxygens (including phenoxy) is 1. The summed E-state index contributed by atoms with van der Waals surface area (Å²) in [4.78, 5) is 22.8. The zero-order valence-corrected chi connectivity index (χ0v) is 9.33. The van der Waals surface area contributed by atoms with Crippen molar-refractivity contribution in [3.05, 3.63) is 39.9 Å². The minimum atomic E-state index is -0.762. The van der Waals surface area contributed by atoms with Crippen LogP contribution in [0.3, 0.4) is 0 Å². The largest absolute Gasteiger partial charge is 0.377 e. The Balaban J connectivity index is 2.33. The second-order valence-electron chi connectivity index (χ2n) is 3.83. The second-order valence-corrected chi connectivity index (χ2v) is 3.83. The molecule has 1 unspecified atom stereocenters. The van der Waals surface area contributed by atoms with Crippen LogP contribution in [0, 0.1) is 10.1 Å². The fourth-order valence-electron chi connectivity index (χ4n) is 2.06. The van der Waals surface area contributed by atoms with Crippen molar-refractivity contribution < 1.29 is 14.6 Å². The van der Waals surface area contributed by atoms with E-state index in [0.29, 0.717) is 12.1 Å². The van der Waals surface area contributed by atoms with Gasteiger partial charge in [-0.25, -0.2) is 10.1 Å². The Labute approximate surface area is 97.9 Å². The summed E-state index contributed by atoms with van der Waals surface area (Å²) in [7, 11) is 1.40. The summed E-state index contributed by atoms with van der Waals surface area (Å²) in [5.74, 6) is -0.277. The number of methoxy groups -OCH3 is 1. The molecule has 1 heterocycles. The van der Waals surface area contributed by atoms with Gasteiger partial charge in [0.05, 0.1) is 0 Å². The Morgan fingerprint density at radius 2 is 2.29 bits per heavy atom. The average Bonchev–Trinajstić information content (AvgIpc) is 2.68. The molecule has 0 fully saturated rings. The molecular weight excluding hydrogens is 224 g/mol. The topological polar surface area (TPSA) is 72.7 Å². The third-order valence-corrected chi connectivity index (χ3v) is 2.78. The van der Waals surface area contributed by atoms with E-state index in [1.807, 2.05) is 0 Å². The van der Waals surface area contributed by atoms with Crippen molar-refractivity contribution in [3.8, 4) is 0 Å². The van der Waals surface area contributed by atoms with Gasteiger partial charge in [-0.2, -0.15) is 0 Å². The van der Waals surface area contributed by atoms with Gasteiger partial charge in [-0.15, -0.1) is 0 Å². The molecule has 0 N–H and O–H groups in total. The van der Waals surface area contributed by atoms with Crippen LogP contribution in [-0.4, -0.2) is 30.6 Å². The molecule has 1 aromatic rings. The van der Waals surface area contributed by atoms with Gasteiger partial charge in [0, 0.05) is 13.5 Å². The van der Waals surface area contributed by atoms with E-state index >= 15 is 0 Å². The minimum absolute atomic E-state index is 0.108. The van der Waals surface area contributed by atoms with E-state index in [1.165, 1.54) is 7.11 Å². The third kappa shape index (κ3) is 1.99. The molecule has 0 aromatic heterocycles. The molecule has 6 nitrogen and oxygen atoms in total. The van der Waals surface area contributed by atoms with Crippen molar-refractivity contribution in [3.63, 3.8) is 0 Å². The first-order valence-corrected chi connectivity index (χ1v) is 5.18. The highest BCUT2D eigenvalue weighted by atomic mass is 16.7. The van der Waals surface area contributed by atoms with Crippen molar-refractivity contribution in [1.82, 2.24) is 0 Å². The number of nitrogens with zero attached hydrogens (tertiary/aromatic N) is 2. The van der Waals surface area contributed by atoms with Crippen molar-refractivity contribution >= 4 is 11.5 Å². The van der Waals surface area contributed by atoms with Crippen LogP contribution >= 0.6 is 0 Å². The molecule has 1 aliphatic rings. The molecule has 0 aliphatic carbocycles. The summed E-state index contributed by atoms with van der Waals surface area (Å²) >= 11 is 0. The van der Waals surface area contributed by atoms with Gasteiger partial charge < -0.3 is 4.74 Å². The zero-order valence-electron chi connectivity index (χ0n) is 9.33. The fourth-order valence-corrected chi connectivity index (χ4v) is 2.06. The number of hydrogen-bond donors (Lipinski definition) is 0. The number of carbonyl (C=O) groups excluding carboxylic acids is 1. The van der Waals surface area contributed by atoms with E-state index in [0.717, 1.165) is 10.6 Å². The molecule has 0 spiro atoms. The number of carbonyl (C=O) groups is 1. The predicted octanol–water partition coefficient (Wildman–Crippen LogP) is 0.825. The maximum atomic E-state index is 11.8. The Hall–Kier alpha value is -1.95. The molecule has 0 bridgehead atoms. The average molecular weight is 236 g/mol. The van der Waals surface area contributed by atoms with Crippen LogP contribution in [0.5, 0.6) is 0 Å². The van der Waals surface area contributed by atoms with Gasteiger partial charge in [-0.3, -0.25) is 4.79 Å². The van der Waals surface area contributed by atoms with Crippen LogP contribution in [0.25, 0.3) is 0 Å². The first kappa shape index (κ1) is 11.5. The van der Waals surface area contributed by atoms with Gasteiger partial charge in [0.25, 0.3) is 0 Å². The number of benzene rings is 1. The van der Waals surface area contributed by atoms with Crippen LogP contribution < -0.4 is 5.01 Å². The standard InChI is InChI=1S/C11H12N2O4/c1-17-7-11(14)10-6-8-4-2-3-5-9(8)12(10)13(15)16/h2-5,10H,6-7H2,1H3. The van der Waals surface area contributed by atoms with Gasteiger partial charge in [0.2, 0.25) is 0 Å². The maximum absolute atomic E-state index is 11.8. The van der Waals surface area contributed by atoms with Crippen molar-refractivity contribution in [1.29, 1.82) is 0 Å². The molecule has 0 radical (unpaired) electrons. The van der Waals surface area contributed by atoms with Crippen molar-refractivity contribution in [2.75, 3.05) is 18.7 Å². The van der Waals surface area contributed by atoms with Crippen LogP contribution in [0.15, 0.2) is 24.3 Å². The van der Waals surface area contributed by atoms with Gasteiger partial charge in [-0.05, 0) is 11.6 Å². The molecule has 0 saturated heterocycles. The van der Waals surface area contributed by atoms with Gasteiger partial charge in [0.15, 0.2) is 16.9 Å². The van der Waals surface area contributed by atoms with Gasteiger partial charge in [-0.1, -0.05) is 23.2 Å². The molecule has 90 valence electrons. The Kier molecular flexibility index (Phi) is 3.06. The van der Waals surface area contributed by atoms with Gasteiger partial charge >= 0.3 is 0 Å². The van der Waals surface area contributed by atoms with Crippen LogP contribution in [0.2, 0.25) is 0 Å². The normalized spacial score (nSPS) is 17.9. The highest BCUT2D eigenvalue weighted by Gasteiger charge is 2.41. The number of hydrogen-bond acceptors (Lipinski definition) is 4. The summed E-state index contributed by atoms with van der Waals surface area (Å²) in [5.41, 5.74) is 1.31. The first-order chi connectivity index (χ1) is 8.15. The molecule has 0 amide bonds. The fraction of sp³-hybridized carbons (Fsp3) is 0.364. The van der Waals surface area contributed by atoms with E-state index in [9.17, 15) is 14.9 Å². The molecule has 1 aromatic carbocycles. The lowest BCUT2D eigenvalue weighted by molar-refractivity contribution is -0.496. The molecule has 0 saturated carbocycles. The summed E-state index contributed by atoms with van der Waals surface area (Å²) in [5, 5.41) is 11.4. The Morgan fingerprint density at radius 3 is 2.94 bits per heavy atom. The molecule has 17 heavy (non-hydrogen) atoms. The highest BCUT2D eigenvalue weighted by molar-refractivity contribution is 5.90. The second kappa shape index (κ2) is 4.50. The number of para-hydroxylation sites is 1. The van der Waals surface area contributed by atoms with Crippen LogP contribution in [-0.2, 0) is 16.0 Å². The lowest BCUT2D eigenvalue weighted by atomic mass is 10.1. The number of hydrazine groups is 1. The minimum Gasteiger partial charge on any atom is -0.377 e. The lowest BCUT2D eigenvalue weighted by Gasteiger charge is -2.15. The van der Waals surface area contributed by atoms with Crippen molar-refractivity contribution in [2.24, 2.45) is 0 Å². The SMILES string of the molecule is COCC(=O)C1Cc2ccccc2N1[N+](=O)[O-]. The quantitative estimate of drug-likeness (QED) is 0.571. The summed E-state index contributed by atoms with van der Waals surface area (Å²) in [6.45, 7) is -0.108. The molecule has 1 atom stereocenters. The number of ketones is 1. The smallest absolute Gasteiger partial charge is 0.187 e. The Bertz CT molecular complexity index is 461.